The Morgan fingerprint density at radius 2 is 1.84 bits per heavy atom. The number of carbonyl (C=O) groups excluding carboxylic acids is 1. The second-order valence-electron chi connectivity index (χ2n) is 6.51. The van der Waals surface area contributed by atoms with Crippen molar-refractivity contribution in [3.63, 3.8) is 0 Å². The summed E-state index contributed by atoms with van der Waals surface area (Å²) in [6.45, 7) is 5.57. The van der Waals surface area contributed by atoms with Crippen molar-refractivity contribution in [1.82, 2.24) is 10.2 Å². The first-order chi connectivity index (χ1) is 12.2. The van der Waals surface area contributed by atoms with Crippen LogP contribution in [0.3, 0.4) is 0 Å². The van der Waals surface area contributed by atoms with Crippen molar-refractivity contribution in [3.8, 4) is 5.75 Å². The summed E-state index contributed by atoms with van der Waals surface area (Å²) in [5, 5.41) is 2.97. The zero-order chi connectivity index (χ0) is 17.5. The second-order valence-corrected chi connectivity index (χ2v) is 6.51. The van der Waals surface area contributed by atoms with E-state index in [2.05, 4.69) is 34.5 Å². The van der Waals surface area contributed by atoms with Gasteiger partial charge in [0, 0.05) is 26.2 Å². The molecule has 2 aromatic rings. The predicted molar refractivity (Wildman–Crippen MR) is 99.6 cm³/mol. The van der Waals surface area contributed by atoms with Crippen LogP contribution in [0.25, 0.3) is 0 Å². The molecule has 2 aromatic carbocycles. The molecule has 0 unspecified atom stereocenters. The molecule has 0 saturated carbocycles. The smallest absolute Gasteiger partial charge is 0.260 e. The van der Waals surface area contributed by atoms with E-state index in [-0.39, 0.29) is 5.91 Å². The minimum absolute atomic E-state index is 0.0622. The van der Waals surface area contributed by atoms with Crippen LogP contribution in [0.1, 0.15) is 24.5 Å². The molecule has 3 rings (SSSR count). The first-order valence-electron chi connectivity index (χ1n) is 9.01. The van der Waals surface area contributed by atoms with E-state index in [9.17, 15) is 4.79 Å². The lowest BCUT2D eigenvalue weighted by Crippen LogP contribution is -2.38. The van der Waals surface area contributed by atoms with Crippen LogP contribution in [0, 0.1) is 0 Å². The molecule has 0 spiro atoms. The molecule has 0 saturated heterocycles. The summed E-state index contributed by atoms with van der Waals surface area (Å²) < 4.78 is 5.64. The number of nitrogens with one attached hydrogen (secondary N) is 1. The predicted octanol–water partition coefficient (Wildman–Crippen LogP) is 3.02. The van der Waals surface area contributed by atoms with Gasteiger partial charge in [0.25, 0.3) is 5.91 Å². The molecule has 1 aliphatic rings. The van der Waals surface area contributed by atoms with E-state index < -0.39 is 6.10 Å². The zero-order valence-electron chi connectivity index (χ0n) is 14.8. The summed E-state index contributed by atoms with van der Waals surface area (Å²) in [5.74, 6) is 0.657. The summed E-state index contributed by atoms with van der Waals surface area (Å²) in [6.07, 6.45) is 1.58. The molecule has 4 nitrogen and oxygen atoms in total. The molecule has 1 amide bonds. The van der Waals surface area contributed by atoms with E-state index in [4.69, 9.17) is 4.74 Å². The third kappa shape index (κ3) is 5.07. The number of rotatable bonds is 7. The van der Waals surface area contributed by atoms with E-state index in [1.807, 2.05) is 30.3 Å². The summed E-state index contributed by atoms with van der Waals surface area (Å²) >= 11 is 0. The van der Waals surface area contributed by atoms with Gasteiger partial charge in [0.2, 0.25) is 0 Å². The fraction of sp³-hybridized carbons (Fsp3) is 0.381. The maximum atomic E-state index is 12.1. The van der Waals surface area contributed by atoms with Crippen LogP contribution in [0.5, 0.6) is 5.75 Å². The number of para-hydroxylation sites is 1. The average Bonchev–Trinajstić information content (AvgIpc) is 2.65. The SMILES string of the molecule is C[C@@H](Oc1ccccc1)C(=O)NCCCN1CCc2ccccc2C1. The van der Waals surface area contributed by atoms with Gasteiger partial charge in [-0.25, -0.2) is 0 Å². The quantitative estimate of drug-likeness (QED) is 0.789. The molecule has 132 valence electrons. The van der Waals surface area contributed by atoms with E-state index in [0.29, 0.717) is 6.54 Å². The van der Waals surface area contributed by atoms with Crippen molar-refractivity contribution in [1.29, 1.82) is 0 Å². The van der Waals surface area contributed by atoms with Crippen LogP contribution in [-0.2, 0) is 17.8 Å². The molecule has 1 N–H and O–H groups in total. The average molecular weight is 338 g/mol. The Labute approximate surface area is 149 Å². The molecule has 0 radical (unpaired) electrons. The molecule has 25 heavy (non-hydrogen) atoms. The van der Waals surface area contributed by atoms with Crippen LogP contribution in [0.15, 0.2) is 54.6 Å². The van der Waals surface area contributed by atoms with Gasteiger partial charge in [-0.2, -0.15) is 0 Å². The number of amides is 1. The number of nitrogens with zero attached hydrogens (tertiary/aromatic N) is 1. The van der Waals surface area contributed by atoms with E-state index in [1.54, 1.807) is 6.92 Å². The largest absolute Gasteiger partial charge is 0.481 e. The molecule has 0 bridgehead atoms. The second kappa shape index (κ2) is 8.67. The molecular formula is C21H26N2O2. The van der Waals surface area contributed by atoms with Crippen molar-refractivity contribution in [2.24, 2.45) is 0 Å². The molecule has 0 aromatic heterocycles. The minimum atomic E-state index is -0.482. The fourth-order valence-electron chi connectivity index (χ4n) is 3.16. The van der Waals surface area contributed by atoms with E-state index >= 15 is 0 Å². The Hall–Kier alpha value is -2.33. The summed E-state index contributed by atoms with van der Waals surface area (Å²) in [5.41, 5.74) is 2.90. The first kappa shape index (κ1) is 17.5. The monoisotopic (exact) mass is 338 g/mol. The molecule has 0 aliphatic carbocycles. The van der Waals surface area contributed by atoms with Gasteiger partial charge < -0.3 is 10.1 Å². The summed E-state index contributed by atoms with van der Waals surface area (Å²) in [4.78, 5) is 14.6. The Kier molecular flexibility index (Phi) is 6.07. The van der Waals surface area contributed by atoms with E-state index in [1.165, 1.54) is 11.1 Å². The number of benzene rings is 2. The van der Waals surface area contributed by atoms with Crippen LogP contribution >= 0.6 is 0 Å². The van der Waals surface area contributed by atoms with Crippen molar-refractivity contribution >= 4 is 5.91 Å². The van der Waals surface area contributed by atoms with Gasteiger partial charge in [-0.3, -0.25) is 9.69 Å². The molecule has 4 heteroatoms. The molecular weight excluding hydrogens is 312 g/mol. The highest BCUT2D eigenvalue weighted by Crippen LogP contribution is 2.18. The Morgan fingerprint density at radius 1 is 1.12 bits per heavy atom. The highest BCUT2D eigenvalue weighted by atomic mass is 16.5. The lowest BCUT2D eigenvalue weighted by Gasteiger charge is -2.28. The highest BCUT2D eigenvalue weighted by molar-refractivity contribution is 5.80. The van der Waals surface area contributed by atoms with Crippen LogP contribution < -0.4 is 10.1 Å². The molecule has 0 fully saturated rings. The van der Waals surface area contributed by atoms with Gasteiger partial charge in [-0.1, -0.05) is 42.5 Å². The van der Waals surface area contributed by atoms with Gasteiger partial charge in [0.05, 0.1) is 0 Å². The number of ether oxygens (including phenoxy) is 1. The Morgan fingerprint density at radius 3 is 2.64 bits per heavy atom. The van der Waals surface area contributed by atoms with Crippen molar-refractivity contribution in [2.75, 3.05) is 19.6 Å². The lowest BCUT2D eigenvalue weighted by atomic mass is 10.00. The minimum Gasteiger partial charge on any atom is -0.481 e. The lowest BCUT2D eigenvalue weighted by molar-refractivity contribution is -0.127. The summed E-state index contributed by atoms with van der Waals surface area (Å²) in [7, 11) is 0. The molecule has 1 atom stereocenters. The van der Waals surface area contributed by atoms with Crippen molar-refractivity contribution < 1.29 is 9.53 Å². The number of fused-ring (bicyclic) bond motifs is 1. The number of hydrogen-bond donors (Lipinski definition) is 1. The van der Waals surface area contributed by atoms with Crippen molar-refractivity contribution in [2.45, 2.75) is 32.4 Å². The fourth-order valence-corrected chi connectivity index (χ4v) is 3.16. The maximum absolute atomic E-state index is 12.1. The van der Waals surface area contributed by atoms with Crippen molar-refractivity contribution in [3.05, 3.63) is 65.7 Å². The third-order valence-electron chi connectivity index (χ3n) is 4.59. The Bertz CT molecular complexity index is 687. The molecule has 1 heterocycles. The first-order valence-corrected chi connectivity index (χ1v) is 9.01. The third-order valence-corrected chi connectivity index (χ3v) is 4.59. The van der Waals surface area contributed by atoms with Gasteiger partial charge in [-0.15, -0.1) is 0 Å². The van der Waals surface area contributed by atoms with Gasteiger partial charge in [-0.05, 0) is 43.0 Å². The topological polar surface area (TPSA) is 41.6 Å². The van der Waals surface area contributed by atoms with Crippen LogP contribution in [0.2, 0.25) is 0 Å². The highest BCUT2D eigenvalue weighted by Gasteiger charge is 2.16. The number of carbonyl (C=O) groups is 1. The Balaban J connectivity index is 1.35. The molecule has 1 aliphatic heterocycles. The summed E-state index contributed by atoms with van der Waals surface area (Å²) in [6, 6.07) is 18.1. The van der Waals surface area contributed by atoms with Crippen LogP contribution in [0.4, 0.5) is 0 Å². The van der Waals surface area contributed by atoms with Gasteiger partial charge >= 0.3 is 0 Å². The zero-order valence-corrected chi connectivity index (χ0v) is 14.8. The van der Waals surface area contributed by atoms with Crippen LogP contribution in [-0.4, -0.2) is 36.5 Å². The van der Waals surface area contributed by atoms with Gasteiger partial charge in [0.15, 0.2) is 6.10 Å². The van der Waals surface area contributed by atoms with Gasteiger partial charge in [0.1, 0.15) is 5.75 Å². The standard InChI is InChI=1S/C21H26N2O2/c1-17(25-20-10-3-2-4-11-20)21(24)22-13-7-14-23-15-12-18-8-5-6-9-19(18)16-23/h2-6,8-11,17H,7,12-16H2,1H3,(H,22,24)/t17-/m1/s1. The normalized spacial score (nSPS) is 15.2. The maximum Gasteiger partial charge on any atom is 0.260 e. The number of hydrogen-bond acceptors (Lipinski definition) is 3. The van der Waals surface area contributed by atoms with E-state index in [0.717, 1.165) is 38.2 Å².